The normalized spacial score (nSPS) is 10.4. The quantitative estimate of drug-likeness (QED) is 0.378. The van der Waals surface area contributed by atoms with Gasteiger partial charge in [0.2, 0.25) is 0 Å². The van der Waals surface area contributed by atoms with Crippen molar-refractivity contribution in [2.75, 3.05) is 5.75 Å². The second kappa shape index (κ2) is 7.68. The Morgan fingerprint density at radius 1 is 1.25 bits per heavy atom. The van der Waals surface area contributed by atoms with Gasteiger partial charge in [0.05, 0.1) is 0 Å². The van der Waals surface area contributed by atoms with Crippen molar-refractivity contribution in [3.05, 3.63) is 21.7 Å². The van der Waals surface area contributed by atoms with Crippen molar-refractivity contribution < 1.29 is 19.8 Å². The van der Waals surface area contributed by atoms with Crippen molar-refractivity contribution in [2.24, 2.45) is 0 Å². The van der Waals surface area contributed by atoms with E-state index < -0.39 is 17.6 Å². The van der Waals surface area contributed by atoms with Crippen molar-refractivity contribution in [1.82, 2.24) is 9.97 Å². The molecule has 0 aliphatic rings. The maximum absolute atomic E-state index is 11.3. The Morgan fingerprint density at radius 2 is 1.95 bits per heavy atom. The van der Waals surface area contributed by atoms with Crippen molar-refractivity contribution in [3.8, 4) is 0 Å². The van der Waals surface area contributed by atoms with E-state index in [1.165, 1.54) is 18.7 Å². The predicted octanol–water partition coefficient (Wildman–Crippen LogP) is 1.51. The van der Waals surface area contributed by atoms with Crippen LogP contribution in [-0.4, -0.2) is 37.9 Å². The molecule has 0 saturated carbocycles. The molecule has 3 N–H and O–H groups in total. The number of aromatic carboxylic acids is 1. The number of thioether (sulfide) groups is 1. The molecule has 0 aliphatic heterocycles. The fourth-order valence-corrected chi connectivity index (χ4v) is 2.71. The number of nitrogens with zero attached hydrogens (tertiary/aromatic N) is 1. The van der Waals surface area contributed by atoms with E-state index in [1.807, 2.05) is 0 Å². The van der Waals surface area contributed by atoms with Gasteiger partial charge in [-0.1, -0.05) is 6.42 Å². The van der Waals surface area contributed by atoms with Gasteiger partial charge in [0.15, 0.2) is 0 Å². The molecule has 1 rings (SSSR count). The molecule has 0 aromatic carbocycles. The van der Waals surface area contributed by atoms with Crippen LogP contribution in [0.1, 0.15) is 41.7 Å². The first-order valence-corrected chi connectivity index (χ1v) is 7.09. The molecule has 20 heavy (non-hydrogen) atoms. The zero-order valence-corrected chi connectivity index (χ0v) is 11.8. The van der Waals surface area contributed by atoms with Gasteiger partial charge < -0.3 is 15.2 Å². The molecule has 0 saturated heterocycles. The highest BCUT2D eigenvalue weighted by atomic mass is 32.2. The number of aryl methyl sites for hydroxylation is 1. The van der Waals surface area contributed by atoms with E-state index in [1.54, 1.807) is 0 Å². The van der Waals surface area contributed by atoms with Crippen LogP contribution in [0, 0.1) is 6.92 Å². The molecule has 0 unspecified atom stereocenters. The summed E-state index contributed by atoms with van der Waals surface area (Å²) >= 11 is 1.20. The predicted molar refractivity (Wildman–Crippen MR) is 73.4 cm³/mol. The van der Waals surface area contributed by atoms with E-state index in [9.17, 15) is 14.4 Å². The Hall–Kier alpha value is -1.83. The monoisotopic (exact) mass is 300 g/mol. The van der Waals surface area contributed by atoms with Gasteiger partial charge in [-0.05, 0) is 25.5 Å². The molecular weight excluding hydrogens is 284 g/mol. The number of rotatable bonds is 8. The number of carboxylic acids is 2. The Balaban J connectivity index is 2.57. The van der Waals surface area contributed by atoms with Crippen molar-refractivity contribution in [2.45, 2.75) is 37.6 Å². The van der Waals surface area contributed by atoms with Crippen LogP contribution in [-0.2, 0) is 4.79 Å². The molecule has 1 aromatic heterocycles. The van der Waals surface area contributed by atoms with Gasteiger partial charge in [-0.15, -0.1) is 11.8 Å². The highest BCUT2D eigenvalue weighted by Crippen LogP contribution is 2.22. The second-order valence-corrected chi connectivity index (χ2v) is 5.29. The minimum atomic E-state index is -1.13. The van der Waals surface area contributed by atoms with Gasteiger partial charge in [0.1, 0.15) is 10.6 Å². The molecule has 110 valence electrons. The number of aromatic amines is 1. The van der Waals surface area contributed by atoms with Gasteiger partial charge >= 0.3 is 17.6 Å². The summed E-state index contributed by atoms with van der Waals surface area (Å²) in [7, 11) is 0. The number of unbranched alkanes of at least 4 members (excludes halogenated alkanes) is 2. The lowest BCUT2D eigenvalue weighted by Crippen LogP contribution is -2.18. The highest BCUT2D eigenvalue weighted by Gasteiger charge is 2.16. The van der Waals surface area contributed by atoms with Crippen molar-refractivity contribution >= 4 is 23.7 Å². The summed E-state index contributed by atoms with van der Waals surface area (Å²) in [6.07, 6.45) is 2.20. The number of H-pyrrole nitrogens is 1. The number of hydrogen-bond acceptors (Lipinski definition) is 5. The molecule has 8 heteroatoms. The standard InChI is InChI=1S/C12H16N2O5S/c1-7-9(11(17)18)10(14-12(19)13-7)20-6-4-2-3-5-8(15)16/h2-6H2,1H3,(H,15,16)(H,17,18)(H,13,14,19). The summed E-state index contributed by atoms with van der Waals surface area (Å²) in [5.74, 6) is -1.35. The van der Waals surface area contributed by atoms with Crippen LogP contribution in [0.4, 0.5) is 0 Å². The van der Waals surface area contributed by atoms with Crippen molar-refractivity contribution in [1.29, 1.82) is 0 Å². The molecule has 0 amide bonds. The van der Waals surface area contributed by atoms with E-state index in [-0.39, 0.29) is 22.7 Å². The highest BCUT2D eigenvalue weighted by molar-refractivity contribution is 7.99. The fraction of sp³-hybridized carbons (Fsp3) is 0.500. The number of carboxylic acid groups (broad SMARTS) is 2. The number of aromatic nitrogens is 2. The number of aliphatic carboxylic acids is 1. The molecule has 7 nitrogen and oxygen atoms in total. The average molecular weight is 300 g/mol. The van der Waals surface area contributed by atoms with Crippen LogP contribution in [0.3, 0.4) is 0 Å². The number of nitrogens with one attached hydrogen (secondary N) is 1. The fourth-order valence-electron chi connectivity index (χ4n) is 1.64. The van der Waals surface area contributed by atoms with Crippen LogP contribution in [0.2, 0.25) is 0 Å². The van der Waals surface area contributed by atoms with Crippen LogP contribution >= 0.6 is 11.8 Å². The van der Waals surface area contributed by atoms with Gasteiger partial charge in [0.25, 0.3) is 0 Å². The summed E-state index contributed by atoms with van der Waals surface area (Å²) in [6.45, 7) is 1.52. The summed E-state index contributed by atoms with van der Waals surface area (Å²) < 4.78 is 0. The molecule has 0 radical (unpaired) electrons. The summed E-state index contributed by atoms with van der Waals surface area (Å²) in [6, 6.07) is 0. The average Bonchev–Trinajstić information content (AvgIpc) is 2.31. The molecule has 0 aliphatic carbocycles. The third-order valence-corrected chi connectivity index (χ3v) is 3.64. The van der Waals surface area contributed by atoms with Gasteiger partial charge in [-0.2, -0.15) is 4.98 Å². The Labute approximate surface area is 119 Å². The first-order chi connectivity index (χ1) is 9.41. The second-order valence-electron chi connectivity index (χ2n) is 4.21. The topological polar surface area (TPSA) is 120 Å². The van der Waals surface area contributed by atoms with Crippen LogP contribution in [0.25, 0.3) is 0 Å². The molecule has 1 aromatic rings. The zero-order valence-electron chi connectivity index (χ0n) is 11.0. The summed E-state index contributed by atoms with van der Waals surface area (Å²) in [4.78, 5) is 38.7. The molecule has 0 spiro atoms. The van der Waals surface area contributed by atoms with Crippen molar-refractivity contribution in [3.63, 3.8) is 0 Å². The summed E-state index contributed by atoms with van der Waals surface area (Å²) in [5.41, 5.74) is -0.271. The Bertz CT molecular complexity index is 555. The van der Waals surface area contributed by atoms with E-state index in [0.29, 0.717) is 12.2 Å². The SMILES string of the molecule is Cc1[nH]c(=O)nc(SCCCCCC(=O)O)c1C(=O)O. The first kappa shape index (κ1) is 16.2. The molecule has 1 heterocycles. The zero-order chi connectivity index (χ0) is 15.1. The third-order valence-electron chi connectivity index (χ3n) is 2.57. The molecule has 0 fully saturated rings. The molecule has 0 atom stereocenters. The lowest BCUT2D eigenvalue weighted by molar-refractivity contribution is -0.137. The first-order valence-electron chi connectivity index (χ1n) is 6.10. The van der Waals surface area contributed by atoms with Crippen LogP contribution < -0.4 is 5.69 Å². The van der Waals surface area contributed by atoms with E-state index in [2.05, 4.69) is 9.97 Å². The van der Waals surface area contributed by atoms with E-state index in [4.69, 9.17) is 10.2 Å². The van der Waals surface area contributed by atoms with E-state index >= 15 is 0 Å². The Morgan fingerprint density at radius 3 is 2.55 bits per heavy atom. The summed E-state index contributed by atoms with van der Waals surface area (Å²) in [5, 5.41) is 17.8. The molecular formula is C12H16N2O5S. The molecule has 0 bridgehead atoms. The van der Waals surface area contributed by atoms with E-state index in [0.717, 1.165) is 12.8 Å². The lowest BCUT2D eigenvalue weighted by Gasteiger charge is -2.06. The number of hydrogen-bond donors (Lipinski definition) is 3. The number of carbonyl (C=O) groups is 2. The van der Waals surface area contributed by atoms with Crippen LogP contribution in [0.5, 0.6) is 0 Å². The smallest absolute Gasteiger partial charge is 0.346 e. The minimum absolute atomic E-state index is 0.0140. The van der Waals surface area contributed by atoms with Gasteiger partial charge in [-0.25, -0.2) is 9.59 Å². The van der Waals surface area contributed by atoms with Gasteiger partial charge in [-0.3, -0.25) is 4.79 Å². The van der Waals surface area contributed by atoms with Gasteiger partial charge in [0, 0.05) is 12.1 Å². The minimum Gasteiger partial charge on any atom is -0.481 e. The Kier molecular flexibility index (Phi) is 6.23. The largest absolute Gasteiger partial charge is 0.481 e. The maximum Gasteiger partial charge on any atom is 0.346 e. The maximum atomic E-state index is 11.3. The lowest BCUT2D eigenvalue weighted by atomic mass is 10.2. The van der Waals surface area contributed by atoms with Crippen LogP contribution in [0.15, 0.2) is 9.82 Å². The third kappa shape index (κ3) is 5.04.